The number of amides is 2. The Balaban J connectivity index is 1.68. The smallest absolute Gasteiger partial charge is 0.310 e. The van der Waals surface area contributed by atoms with Gasteiger partial charge in [-0.3, -0.25) is 9.36 Å². The van der Waals surface area contributed by atoms with Crippen LogP contribution in [0.4, 0.5) is 23.7 Å². The lowest BCUT2D eigenvalue weighted by Gasteiger charge is -2.33. The van der Waals surface area contributed by atoms with Crippen LogP contribution in [-0.2, 0) is 12.7 Å². The summed E-state index contributed by atoms with van der Waals surface area (Å²) in [5.74, 6) is 0.306. The second-order valence-corrected chi connectivity index (χ2v) is 9.97. The van der Waals surface area contributed by atoms with Crippen LogP contribution >= 0.6 is 0 Å². The van der Waals surface area contributed by atoms with Gasteiger partial charge in [0.15, 0.2) is 0 Å². The molecule has 5 rings (SSSR count). The standard InChI is InChI=1S/C33H29F3N4O2/c1-3-29(30-37-27-15-9-7-13-25(27)31(41)40(30)24-19-17-22(2)18-20-24)39(21-23-11-5-4-6-12-23)32(42)38-28-16-10-8-14-26(28)33(34,35)36/h4-20,29H,3,21H2,1-2H3,(H,38,42). The van der Waals surface area contributed by atoms with E-state index in [-0.39, 0.29) is 17.8 Å². The van der Waals surface area contributed by atoms with Crippen LogP contribution in [0.2, 0.25) is 0 Å². The van der Waals surface area contributed by atoms with E-state index in [4.69, 9.17) is 4.98 Å². The fourth-order valence-corrected chi connectivity index (χ4v) is 4.99. The Hall–Kier alpha value is -4.92. The van der Waals surface area contributed by atoms with Crippen molar-refractivity contribution < 1.29 is 18.0 Å². The quantitative estimate of drug-likeness (QED) is 0.216. The highest BCUT2D eigenvalue weighted by molar-refractivity contribution is 5.90. The molecule has 0 bridgehead atoms. The minimum Gasteiger partial charge on any atom is -0.310 e. The van der Waals surface area contributed by atoms with Crippen molar-refractivity contribution in [2.24, 2.45) is 0 Å². The largest absolute Gasteiger partial charge is 0.418 e. The number of hydrogen-bond acceptors (Lipinski definition) is 3. The molecule has 42 heavy (non-hydrogen) atoms. The first-order chi connectivity index (χ1) is 20.2. The summed E-state index contributed by atoms with van der Waals surface area (Å²) in [5.41, 5.74) is 1.18. The zero-order chi connectivity index (χ0) is 29.9. The molecule has 1 aromatic heterocycles. The molecule has 0 aliphatic rings. The number of aromatic nitrogens is 2. The van der Waals surface area contributed by atoms with E-state index in [2.05, 4.69) is 5.32 Å². The predicted molar refractivity (Wildman–Crippen MR) is 158 cm³/mol. The molecule has 0 radical (unpaired) electrons. The molecule has 0 aliphatic heterocycles. The molecule has 5 aromatic rings. The summed E-state index contributed by atoms with van der Waals surface area (Å²) in [6.45, 7) is 3.85. The van der Waals surface area contributed by atoms with Crippen molar-refractivity contribution in [1.82, 2.24) is 14.5 Å². The number of urea groups is 1. The number of halogens is 3. The SMILES string of the molecule is CCC(c1nc2ccccc2c(=O)n1-c1ccc(C)cc1)N(Cc1ccccc1)C(=O)Nc1ccccc1C(F)(F)F. The molecular weight excluding hydrogens is 541 g/mol. The number of rotatable bonds is 7. The first-order valence-electron chi connectivity index (χ1n) is 13.5. The van der Waals surface area contributed by atoms with E-state index in [1.807, 2.05) is 68.4 Å². The van der Waals surface area contributed by atoms with Gasteiger partial charge in [-0.1, -0.05) is 79.2 Å². The maximum absolute atomic E-state index is 13.9. The van der Waals surface area contributed by atoms with Gasteiger partial charge >= 0.3 is 12.2 Å². The highest BCUT2D eigenvalue weighted by atomic mass is 19.4. The molecule has 1 N–H and O–H groups in total. The van der Waals surface area contributed by atoms with Crippen molar-refractivity contribution in [3.8, 4) is 5.69 Å². The molecule has 1 unspecified atom stereocenters. The maximum atomic E-state index is 13.9. The minimum absolute atomic E-state index is 0.0654. The number of benzene rings is 4. The van der Waals surface area contributed by atoms with Gasteiger partial charge in [0.2, 0.25) is 0 Å². The Kier molecular flexibility index (Phi) is 8.10. The van der Waals surface area contributed by atoms with Gasteiger partial charge in [-0.15, -0.1) is 0 Å². The number of anilines is 1. The van der Waals surface area contributed by atoms with Crippen LogP contribution < -0.4 is 10.9 Å². The third-order valence-corrected chi connectivity index (χ3v) is 7.09. The van der Waals surface area contributed by atoms with E-state index in [9.17, 15) is 22.8 Å². The lowest BCUT2D eigenvalue weighted by Crippen LogP contribution is -2.40. The predicted octanol–water partition coefficient (Wildman–Crippen LogP) is 7.90. The maximum Gasteiger partial charge on any atom is 0.418 e. The number of fused-ring (bicyclic) bond motifs is 1. The molecule has 0 spiro atoms. The number of aryl methyl sites for hydroxylation is 1. The molecular formula is C33H29F3N4O2. The highest BCUT2D eigenvalue weighted by Gasteiger charge is 2.35. The molecule has 6 nitrogen and oxygen atoms in total. The third-order valence-electron chi connectivity index (χ3n) is 7.09. The first kappa shape index (κ1) is 28.6. The number of nitrogens with zero attached hydrogens (tertiary/aromatic N) is 3. The van der Waals surface area contributed by atoms with Crippen LogP contribution in [0.5, 0.6) is 0 Å². The van der Waals surface area contributed by atoms with Crippen LogP contribution in [0.25, 0.3) is 16.6 Å². The Morgan fingerprint density at radius 3 is 2.24 bits per heavy atom. The fraction of sp³-hybridized carbons (Fsp3) is 0.182. The average molecular weight is 571 g/mol. The topological polar surface area (TPSA) is 67.2 Å². The van der Waals surface area contributed by atoms with Gasteiger partial charge in [-0.25, -0.2) is 9.78 Å². The molecule has 4 aromatic carbocycles. The first-order valence-corrected chi connectivity index (χ1v) is 13.5. The van der Waals surface area contributed by atoms with Crippen molar-refractivity contribution in [2.75, 3.05) is 5.32 Å². The Morgan fingerprint density at radius 1 is 0.905 bits per heavy atom. The van der Waals surface area contributed by atoms with Crippen LogP contribution in [0, 0.1) is 6.92 Å². The van der Waals surface area contributed by atoms with E-state index in [1.54, 1.807) is 24.3 Å². The molecule has 0 aliphatic carbocycles. The summed E-state index contributed by atoms with van der Waals surface area (Å²) in [6.07, 6.45) is -4.33. The Bertz CT molecular complexity index is 1770. The average Bonchev–Trinajstić information content (AvgIpc) is 2.98. The summed E-state index contributed by atoms with van der Waals surface area (Å²) in [7, 11) is 0. The summed E-state index contributed by atoms with van der Waals surface area (Å²) in [4.78, 5) is 34.2. The minimum atomic E-state index is -4.66. The van der Waals surface area contributed by atoms with Gasteiger partial charge in [0.1, 0.15) is 5.82 Å². The summed E-state index contributed by atoms with van der Waals surface area (Å²) >= 11 is 0. The number of hydrogen-bond donors (Lipinski definition) is 1. The molecule has 1 atom stereocenters. The second-order valence-electron chi connectivity index (χ2n) is 9.97. The molecule has 0 fully saturated rings. The Labute approximate surface area is 241 Å². The van der Waals surface area contributed by atoms with Crippen LogP contribution in [0.15, 0.2) is 108 Å². The van der Waals surface area contributed by atoms with Gasteiger partial charge < -0.3 is 10.2 Å². The molecule has 9 heteroatoms. The van der Waals surface area contributed by atoms with E-state index >= 15 is 0 Å². The number of para-hydroxylation sites is 2. The molecule has 214 valence electrons. The number of carbonyl (C=O) groups excluding carboxylic acids is 1. The van der Waals surface area contributed by atoms with Crippen molar-refractivity contribution in [2.45, 2.75) is 39.0 Å². The van der Waals surface area contributed by atoms with E-state index in [0.29, 0.717) is 28.8 Å². The summed E-state index contributed by atoms with van der Waals surface area (Å²) < 4.78 is 42.8. The van der Waals surface area contributed by atoms with Gasteiger partial charge in [-0.05, 0) is 55.3 Å². The van der Waals surface area contributed by atoms with E-state index < -0.39 is 23.8 Å². The van der Waals surface area contributed by atoms with Gasteiger partial charge in [0.05, 0.1) is 33.9 Å². The van der Waals surface area contributed by atoms with E-state index in [0.717, 1.165) is 17.2 Å². The number of nitrogens with one attached hydrogen (secondary N) is 1. The summed E-state index contributed by atoms with van der Waals surface area (Å²) in [6, 6.07) is 26.8. The second kappa shape index (κ2) is 11.9. The monoisotopic (exact) mass is 570 g/mol. The van der Waals surface area contributed by atoms with Crippen LogP contribution in [0.3, 0.4) is 0 Å². The zero-order valence-corrected chi connectivity index (χ0v) is 23.1. The lowest BCUT2D eigenvalue weighted by molar-refractivity contribution is -0.136. The van der Waals surface area contributed by atoms with Gasteiger partial charge in [0, 0.05) is 6.54 Å². The number of alkyl halides is 3. The van der Waals surface area contributed by atoms with Crippen molar-refractivity contribution in [1.29, 1.82) is 0 Å². The molecule has 0 saturated heterocycles. The number of carbonyl (C=O) groups is 1. The van der Waals surface area contributed by atoms with Crippen molar-refractivity contribution in [3.63, 3.8) is 0 Å². The van der Waals surface area contributed by atoms with Crippen LogP contribution in [0.1, 0.15) is 41.9 Å². The highest BCUT2D eigenvalue weighted by Crippen LogP contribution is 2.35. The third kappa shape index (κ3) is 5.90. The summed E-state index contributed by atoms with van der Waals surface area (Å²) in [5, 5.41) is 2.90. The lowest BCUT2D eigenvalue weighted by atomic mass is 10.1. The Morgan fingerprint density at radius 2 is 1.55 bits per heavy atom. The van der Waals surface area contributed by atoms with E-state index in [1.165, 1.54) is 27.7 Å². The normalized spacial score (nSPS) is 12.2. The zero-order valence-electron chi connectivity index (χ0n) is 23.1. The van der Waals surface area contributed by atoms with Crippen molar-refractivity contribution >= 4 is 22.6 Å². The fourth-order valence-electron chi connectivity index (χ4n) is 4.99. The van der Waals surface area contributed by atoms with Gasteiger partial charge in [0.25, 0.3) is 5.56 Å². The van der Waals surface area contributed by atoms with Gasteiger partial charge in [-0.2, -0.15) is 13.2 Å². The van der Waals surface area contributed by atoms with Crippen molar-refractivity contribution in [3.05, 3.63) is 136 Å². The molecule has 0 saturated carbocycles. The van der Waals surface area contributed by atoms with Crippen LogP contribution in [-0.4, -0.2) is 20.5 Å². The molecule has 1 heterocycles. The molecule has 2 amide bonds.